The van der Waals surface area contributed by atoms with Crippen LogP contribution in [0.4, 0.5) is 0 Å². The summed E-state index contributed by atoms with van der Waals surface area (Å²) in [7, 11) is 0. The van der Waals surface area contributed by atoms with Gasteiger partial charge in [0.2, 0.25) is 11.8 Å². The maximum absolute atomic E-state index is 11.4. The van der Waals surface area contributed by atoms with E-state index >= 15 is 0 Å². The molecule has 1 unspecified atom stereocenters. The molecule has 1 aliphatic rings. The number of carbonyl (C=O) groups is 2. The molecule has 0 spiro atoms. The summed E-state index contributed by atoms with van der Waals surface area (Å²) in [5, 5.41) is 0. The number of primary amides is 1. The number of amides is 2. The summed E-state index contributed by atoms with van der Waals surface area (Å²) < 4.78 is 0. The molecule has 1 atom stereocenters. The third kappa shape index (κ3) is 2.72. The number of hydrogen-bond donors (Lipinski definition) is 1. The molecule has 0 aromatic carbocycles. The molecule has 1 aliphatic heterocycles. The van der Waals surface area contributed by atoms with Crippen LogP contribution in [0.15, 0.2) is 24.3 Å². The van der Waals surface area contributed by atoms with E-state index in [0.717, 1.165) is 12.8 Å². The quantitative estimate of drug-likeness (QED) is 0.716. The lowest BCUT2D eigenvalue weighted by molar-refractivity contribution is -0.125. The molecule has 0 aromatic rings. The van der Waals surface area contributed by atoms with Crippen LogP contribution in [0.1, 0.15) is 19.8 Å². The van der Waals surface area contributed by atoms with E-state index in [4.69, 9.17) is 5.73 Å². The van der Waals surface area contributed by atoms with E-state index in [9.17, 15) is 9.59 Å². The Labute approximate surface area is 95.8 Å². The van der Waals surface area contributed by atoms with Crippen molar-refractivity contribution in [2.45, 2.75) is 19.8 Å². The molecule has 0 aliphatic carbocycles. The third-order valence-electron chi connectivity index (χ3n) is 2.82. The first-order chi connectivity index (χ1) is 7.60. The van der Waals surface area contributed by atoms with E-state index in [-0.39, 0.29) is 17.7 Å². The molecule has 4 heteroatoms. The van der Waals surface area contributed by atoms with Crippen LogP contribution in [-0.2, 0) is 9.59 Å². The van der Waals surface area contributed by atoms with Gasteiger partial charge in [-0.15, -0.1) is 0 Å². The molecule has 1 fully saturated rings. The third-order valence-corrected chi connectivity index (χ3v) is 2.82. The predicted molar refractivity (Wildman–Crippen MR) is 62.5 cm³/mol. The van der Waals surface area contributed by atoms with Crippen LogP contribution in [0.2, 0.25) is 0 Å². The number of allylic oxidation sites excluding steroid dienone is 1. The zero-order chi connectivity index (χ0) is 12.1. The van der Waals surface area contributed by atoms with Gasteiger partial charge in [0.25, 0.3) is 0 Å². The number of rotatable bonds is 4. The second-order valence-electron chi connectivity index (χ2n) is 3.91. The van der Waals surface area contributed by atoms with Crippen LogP contribution in [0.3, 0.4) is 0 Å². The Morgan fingerprint density at radius 1 is 1.56 bits per heavy atom. The highest BCUT2D eigenvalue weighted by Gasteiger charge is 2.29. The van der Waals surface area contributed by atoms with Crippen molar-refractivity contribution >= 4 is 11.8 Å². The van der Waals surface area contributed by atoms with Gasteiger partial charge in [-0.2, -0.15) is 0 Å². The fourth-order valence-electron chi connectivity index (χ4n) is 2.03. The molecule has 1 saturated heterocycles. The minimum atomic E-state index is -0.375. The summed E-state index contributed by atoms with van der Waals surface area (Å²) in [6, 6.07) is 0. The van der Waals surface area contributed by atoms with E-state index in [0.29, 0.717) is 18.7 Å². The molecule has 1 rings (SSSR count). The molecule has 2 amide bonds. The first kappa shape index (κ1) is 12.5. The van der Waals surface area contributed by atoms with Crippen molar-refractivity contribution in [3.63, 3.8) is 0 Å². The van der Waals surface area contributed by atoms with Crippen molar-refractivity contribution in [1.82, 2.24) is 4.90 Å². The Bertz CT molecular complexity index is 334. The molecule has 88 valence electrons. The Balaban J connectivity index is 2.70. The molecule has 2 N–H and O–H groups in total. The van der Waals surface area contributed by atoms with Gasteiger partial charge in [0.15, 0.2) is 0 Å². The lowest BCUT2D eigenvalue weighted by atomic mass is 9.97. The highest BCUT2D eigenvalue weighted by Crippen LogP contribution is 2.24. The SMILES string of the molecule is C=CC(=O)N1CCC(/C(=C/CC)C(N)=O)C1. The standard InChI is InChI=1S/C12H18N2O2/c1-3-5-10(12(13)16)9-6-7-14(8-9)11(15)4-2/h4-5,9H,2-3,6-8H2,1H3,(H2,13,16)/b10-5-. The van der Waals surface area contributed by atoms with E-state index < -0.39 is 0 Å². The zero-order valence-electron chi connectivity index (χ0n) is 9.61. The second kappa shape index (κ2) is 5.49. The number of nitrogens with zero attached hydrogens (tertiary/aromatic N) is 1. The molecule has 0 bridgehead atoms. The Morgan fingerprint density at radius 3 is 2.75 bits per heavy atom. The first-order valence-electron chi connectivity index (χ1n) is 5.51. The van der Waals surface area contributed by atoms with Gasteiger partial charge < -0.3 is 10.6 Å². The number of hydrogen-bond acceptors (Lipinski definition) is 2. The van der Waals surface area contributed by atoms with Gasteiger partial charge in [-0.3, -0.25) is 9.59 Å². The van der Waals surface area contributed by atoms with Gasteiger partial charge in [0.05, 0.1) is 0 Å². The Morgan fingerprint density at radius 2 is 2.25 bits per heavy atom. The summed E-state index contributed by atoms with van der Waals surface area (Å²) >= 11 is 0. The largest absolute Gasteiger partial charge is 0.366 e. The minimum absolute atomic E-state index is 0.0807. The van der Waals surface area contributed by atoms with Crippen LogP contribution in [-0.4, -0.2) is 29.8 Å². The molecular formula is C12H18N2O2. The van der Waals surface area contributed by atoms with Gasteiger partial charge in [-0.1, -0.05) is 19.6 Å². The number of carbonyl (C=O) groups excluding carboxylic acids is 2. The first-order valence-corrected chi connectivity index (χ1v) is 5.51. The van der Waals surface area contributed by atoms with E-state index in [1.165, 1.54) is 6.08 Å². The van der Waals surface area contributed by atoms with Crippen molar-refractivity contribution in [1.29, 1.82) is 0 Å². The van der Waals surface area contributed by atoms with Crippen LogP contribution < -0.4 is 5.73 Å². The van der Waals surface area contributed by atoms with Crippen LogP contribution in [0, 0.1) is 5.92 Å². The average Bonchev–Trinajstić information content (AvgIpc) is 2.73. The van der Waals surface area contributed by atoms with Crippen molar-refractivity contribution < 1.29 is 9.59 Å². The fraction of sp³-hybridized carbons (Fsp3) is 0.500. The Kier molecular flexibility index (Phi) is 4.28. The number of nitrogens with two attached hydrogens (primary N) is 1. The van der Waals surface area contributed by atoms with Gasteiger partial charge in [0, 0.05) is 24.6 Å². The van der Waals surface area contributed by atoms with E-state index in [1.807, 2.05) is 13.0 Å². The maximum atomic E-state index is 11.4. The molecule has 0 aromatic heterocycles. The number of likely N-dealkylation sites (tertiary alicyclic amines) is 1. The highest BCUT2D eigenvalue weighted by atomic mass is 16.2. The summed E-state index contributed by atoms with van der Waals surface area (Å²) in [6.07, 6.45) is 4.74. The normalized spacial score (nSPS) is 20.9. The van der Waals surface area contributed by atoms with Crippen molar-refractivity contribution in [3.05, 3.63) is 24.3 Å². The fourth-order valence-corrected chi connectivity index (χ4v) is 2.03. The molecule has 0 saturated carbocycles. The van der Waals surface area contributed by atoms with Gasteiger partial charge in [-0.05, 0) is 18.9 Å². The topological polar surface area (TPSA) is 63.4 Å². The smallest absolute Gasteiger partial charge is 0.245 e. The molecular weight excluding hydrogens is 204 g/mol. The van der Waals surface area contributed by atoms with Gasteiger partial charge in [0.1, 0.15) is 0 Å². The van der Waals surface area contributed by atoms with Gasteiger partial charge in [-0.25, -0.2) is 0 Å². The molecule has 16 heavy (non-hydrogen) atoms. The van der Waals surface area contributed by atoms with Crippen LogP contribution in [0.25, 0.3) is 0 Å². The maximum Gasteiger partial charge on any atom is 0.245 e. The average molecular weight is 222 g/mol. The van der Waals surface area contributed by atoms with Crippen molar-refractivity contribution in [2.75, 3.05) is 13.1 Å². The lowest BCUT2D eigenvalue weighted by Gasteiger charge is -2.15. The summed E-state index contributed by atoms with van der Waals surface area (Å²) in [4.78, 5) is 24.3. The van der Waals surface area contributed by atoms with E-state index in [1.54, 1.807) is 4.90 Å². The zero-order valence-corrected chi connectivity index (χ0v) is 9.61. The van der Waals surface area contributed by atoms with Crippen LogP contribution >= 0.6 is 0 Å². The van der Waals surface area contributed by atoms with Gasteiger partial charge >= 0.3 is 0 Å². The van der Waals surface area contributed by atoms with Crippen molar-refractivity contribution in [3.8, 4) is 0 Å². The van der Waals surface area contributed by atoms with E-state index in [2.05, 4.69) is 6.58 Å². The van der Waals surface area contributed by atoms with Crippen LogP contribution in [0.5, 0.6) is 0 Å². The lowest BCUT2D eigenvalue weighted by Crippen LogP contribution is -2.28. The molecule has 4 nitrogen and oxygen atoms in total. The monoisotopic (exact) mass is 222 g/mol. The summed E-state index contributed by atoms with van der Waals surface area (Å²) in [5.74, 6) is -0.371. The minimum Gasteiger partial charge on any atom is -0.366 e. The second-order valence-corrected chi connectivity index (χ2v) is 3.91. The predicted octanol–water partition coefficient (Wildman–Crippen LogP) is 0.843. The summed E-state index contributed by atoms with van der Waals surface area (Å²) in [6.45, 7) is 6.65. The van der Waals surface area contributed by atoms with Crippen molar-refractivity contribution in [2.24, 2.45) is 11.7 Å². The molecule has 1 heterocycles. The highest BCUT2D eigenvalue weighted by molar-refractivity contribution is 5.93. The Hall–Kier alpha value is -1.58. The summed E-state index contributed by atoms with van der Waals surface area (Å²) in [5.41, 5.74) is 5.98. The molecule has 0 radical (unpaired) electrons.